The van der Waals surface area contributed by atoms with E-state index in [0.717, 1.165) is 31.2 Å². The smallest absolute Gasteiger partial charge is 0.254 e. The molecule has 2 fully saturated rings. The third-order valence-corrected chi connectivity index (χ3v) is 6.08. The molecule has 5 nitrogen and oxygen atoms in total. The van der Waals surface area contributed by atoms with Crippen molar-refractivity contribution < 1.29 is 19.4 Å². The van der Waals surface area contributed by atoms with Gasteiger partial charge in [-0.05, 0) is 56.4 Å². The van der Waals surface area contributed by atoms with Crippen molar-refractivity contribution in [3.63, 3.8) is 0 Å². The molecule has 25 heavy (non-hydrogen) atoms. The van der Waals surface area contributed by atoms with E-state index in [2.05, 4.69) is 0 Å². The van der Waals surface area contributed by atoms with Crippen LogP contribution in [0.15, 0.2) is 18.2 Å². The number of carbonyl (C=O) groups excluding carboxylic acids is 1. The molecule has 1 saturated heterocycles. The average Bonchev–Trinajstić information content (AvgIpc) is 3.01. The molecule has 0 unspecified atom stereocenters. The lowest BCUT2D eigenvalue weighted by Crippen LogP contribution is -2.53. The summed E-state index contributed by atoms with van der Waals surface area (Å²) in [5.74, 6) is 0.0199. The van der Waals surface area contributed by atoms with Crippen LogP contribution in [0, 0.1) is 6.92 Å². The number of benzene rings is 1. The summed E-state index contributed by atoms with van der Waals surface area (Å²) in [4.78, 5) is 15.0. The number of aliphatic hydroxyl groups excluding tert-OH is 1. The number of hydrogen-bond acceptors (Lipinski definition) is 4. The minimum atomic E-state index is -0.282. The fourth-order valence-corrected chi connectivity index (χ4v) is 4.34. The second kappa shape index (κ2) is 7.62. The maximum atomic E-state index is 13.1. The lowest BCUT2D eigenvalue weighted by atomic mass is 9.79. The van der Waals surface area contributed by atoms with E-state index in [0.29, 0.717) is 23.7 Å². The predicted molar refractivity (Wildman–Crippen MR) is 96.0 cm³/mol. The Morgan fingerprint density at radius 2 is 2.24 bits per heavy atom. The number of nitrogens with zero attached hydrogens (tertiary/aromatic N) is 1. The van der Waals surface area contributed by atoms with E-state index in [-0.39, 0.29) is 30.3 Å². The van der Waals surface area contributed by atoms with Crippen LogP contribution >= 0.6 is 11.6 Å². The Labute approximate surface area is 153 Å². The minimum absolute atomic E-state index is 0.00146. The number of likely N-dealkylation sites (tertiary alicyclic amines) is 1. The van der Waals surface area contributed by atoms with Crippen LogP contribution in [-0.4, -0.2) is 60.5 Å². The highest BCUT2D eigenvalue weighted by Gasteiger charge is 2.52. The molecular formula is C19H26ClNO4. The molecule has 2 aliphatic rings. The molecule has 1 N–H and O–H groups in total. The van der Waals surface area contributed by atoms with Crippen molar-refractivity contribution >= 4 is 17.5 Å². The van der Waals surface area contributed by atoms with E-state index in [1.165, 1.54) is 0 Å². The maximum Gasteiger partial charge on any atom is 0.254 e. The molecule has 0 radical (unpaired) electrons. The van der Waals surface area contributed by atoms with Gasteiger partial charge in [-0.25, -0.2) is 0 Å². The van der Waals surface area contributed by atoms with E-state index in [1.54, 1.807) is 19.2 Å². The van der Waals surface area contributed by atoms with Gasteiger partial charge in [-0.2, -0.15) is 0 Å². The molecule has 0 bridgehead atoms. The molecule has 3 atom stereocenters. The van der Waals surface area contributed by atoms with Crippen LogP contribution in [0.5, 0.6) is 0 Å². The van der Waals surface area contributed by atoms with Crippen molar-refractivity contribution in [2.75, 3.05) is 26.9 Å². The normalized spacial score (nSPS) is 28.9. The van der Waals surface area contributed by atoms with Gasteiger partial charge >= 0.3 is 0 Å². The first kappa shape index (κ1) is 18.6. The van der Waals surface area contributed by atoms with Crippen molar-refractivity contribution in [2.24, 2.45) is 0 Å². The molecule has 0 spiro atoms. The van der Waals surface area contributed by atoms with E-state index < -0.39 is 0 Å². The molecular weight excluding hydrogens is 342 g/mol. The molecule has 3 rings (SSSR count). The second-order valence-electron chi connectivity index (χ2n) is 6.99. The monoisotopic (exact) mass is 367 g/mol. The summed E-state index contributed by atoms with van der Waals surface area (Å²) >= 11 is 6.09. The van der Waals surface area contributed by atoms with Crippen molar-refractivity contribution in [2.45, 2.75) is 50.4 Å². The highest BCUT2D eigenvalue weighted by molar-refractivity contribution is 6.31. The maximum absolute atomic E-state index is 13.1. The van der Waals surface area contributed by atoms with Crippen LogP contribution < -0.4 is 0 Å². The average molecular weight is 368 g/mol. The number of rotatable bonds is 5. The first-order valence-electron chi connectivity index (χ1n) is 8.85. The molecule has 138 valence electrons. The molecule has 1 aromatic rings. The minimum Gasteiger partial charge on any atom is -0.394 e. The highest BCUT2D eigenvalue weighted by atomic mass is 35.5. The Balaban J connectivity index is 1.81. The van der Waals surface area contributed by atoms with Gasteiger partial charge in [-0.1, -0.05) is 11.6 Å². The van der Waals surface area contributed by atoms with Gasteiger partial charge in [0.2, 0.25) is 0 Å². The van der Waals surface area contributed by atoms with Crippen LogP contribution in [0.3, 0.4) is 0 Å². The third-order valence-electron chi connectivity index (χ3n) is 5.65. The summed E-state index contributed by atoms with van der Waals surface area (Å²) in [5.41, 5.74) is 1.28. The number of aliphatic hydroxyl groups is 1. The zero-order chi connectivity index (χ0) is 18.0. The van der Waals surface area contributed by atoms with Crippen LogP contribution in [0.4, 0.5) is 0 Å². The molecule has 1 aromatic carbocycles. The summed E-state index contributed by atoms with van der Waals surface area (Å²) in [6, 6.07) is 5.41. The molecule has 1 heterocycles. The second-order valence-corrected chi connectivity index (χ2v) is 7.40. The Kier molecular flexibility index (Phi) is 5.68. The fourth-order valence-electron chi connectivity index (χ4n) is 4.22. The van der Waals surface area contributed by atoms with Crippen molar-refractivity contribution in [3.8, 4) is 0 Å². The number of amides is 1. The molecule has 0 aromatic heterocycles. The van der Waals surface area contributed by atoms with Crippen LogP contribution in [0.25, 0.3) is 0 Å². The van der Waals surface area contributed by atoms with Crippen molar-refractivity contribution in [3.05, 3.63) is 34.3 Å². The topological polar surface area (TPSA) is 59.0 Å². The van der Waals surface area contributed by atoms with Crippen molar-refractivity contribution in [1.82, 2.24) is 4.90 Å². The Morgan fingerprint density at radius 1 is 1.44 bits per heavy atom. The van der Waals surface area contributed by atoms with Crippen LogP contribution in [-0.2, 0) is 9.47 Å². The number of carbonyl (C=O) groups is 1. The van der Waals surface area contributed by atoms with Gasteiger partial charge in [0.15, 0.2) is 0 Å². The molecule has 1 aliphatic heterocycles. The predicted octanol–water partition coefficient (Wildman–Crippen LogP) is 2.81. The Bertz CT molecular complexity index is 638. The number of halogens is 1. The number of hydrogen-bond donors (Lipinski definition) is 1. The summed E-state index contributed by atoms with van der Waals surface area (Å²) < 4.78 is 11.6. The standard InChI is InChI=1S/C19H26ClNO4/c1-13-11-14(3-4-16(13)20)18(23)21-8-7-19(24-2)6-5-15(12-17(19)21)25-10-9-22/h3-4,11,15,17,22H,5-10,12H2,1-2H3/t15-,17-,19+/m0/s1. The number of fused-ring (bicyclic) bond motifs is 1. The van der Waals surface area contributed by atoms with E-state index in [1.807, 2.05) is 17.9 Å². The number of aryl methyl sites for hydroxylation is 1. The van der Waals surface area contributed by atoms with Gasteiger partial charge in [0.05, 0.1) is 31.0 Å². The van der Waals surface area contributed by atoms with E-state index >= 15 is 0 Å². The summed E-state index contributed by atoms with van der Waals surface area (Å²) in [6.45, 7) is 2.94. The Morgan fingerprint density at radius 3 is 2.92 bits per heavy atom. The van der Waals surface area contributed by atoms with E-state index in [4.69, 9.17) is 26.2 Å². The number of methoxy groups -OCH3 is 1. The quantitative estimate of drug-likeness (QED) is 0.869. The van der Waals surface area contributed by atoms with Gasteiger partial charge in [0.25, 0.3) is 5.91 Å². The summed E-state index contributed by atoms with van der Waals surface area (Å²) in [5, 5.41) is 9.66. The van der Waals surface area contributed by atoms with Gasteiger partial charge in [-0.15, -0.1) is 0 Å². The van der Waals surface area contributed by atoms with Gasteiger partial charge in [0, 0.05) is 24.2 Å². The zero-order valence-electron chi connectivity index (χ0n) is 14.8. The lowest BCUT2D eigenvalue weighted by molar-refractivity contribution is -0.0992. The molecule has 1 amide bonds. The zero-order valence-corrected chi connectivity index (χ0v) is 15.6. The molecule has 6 heteroatoms. The van der Waals surface area contributed by atoms with Gasteiger partial charge in [0.1, 0.15) is 0 Å². The van der Waals surface area contributed by atoms with Gasteiger partial charge < -0.3 is 19.5 Å². The molecule has 1 saturated carbocycles. The largest absolute Gasteiger partial charge is 0.394 e. The summed E-state index contributed by atoms with van der Waals surface area (Å²) in [7, 11) is 1.74. The number of ether oxygens (including phenoxy) is 2. The molecule has 1 aliphatic carbocycles. The summed E-state index contributed by atoms with van der Waals surface area (Å²) in [6.07, 6.45) is 3.41. The first-order chi connectivity index (χ1) is 12.0. The van der Waals surface area contributed by atoms with Crippen molar-refractivity contribution in [1.29, 1.82) is 0 Å². The van der Waals surface area contributed by atoms with Crippen LogP contribution in [0.1, 0.15) is 41.6 Å². The first-order valence-corrected chi connectivity index (χ1v) is 9.23. The SMILES string of the molecule is CO[C@@]12CC[C@H](OCCO)C[C@@H]1N(C(=O)c1ccc(Cl)c(C)c1)CC2. The third kappa shape index (κ3) is 3.56. The van der Waals surface area contributed by atoms with Crippen LogP contribution in [0.2, 0.25) is 5.02 Å². The van der Waals surface area contributed by atoms with E-state index in [9.17, 15) is 4.79 Å². The fraction of sp³-hybridized carbons (Fsp3) is 0.632. The Hall–Kier alpha value is -1.14. The lowest BCUT2D eigenvalue weighted by Gasteiger charge is -2.43. The van der Waals surface area contributed by atoms with Gasteiger partial charge in [-0.3, -0.25) is 4.79 Å². The highest BCUT2D eigenvalue weighted by Crippen LogP contribution is 2.43.